The molecule has 4 rings (SSSR count). The Morgan fingerprint density at radius 2 is 1.79 bits per heavy atom. The zero-order valence-electron chi connectivity index (χ0n) is 20.5. The number of amides is 1. The highest BCUT2D eigenvalue weighted by Gasteiger charge is 2.16. The van der Waals surface area contributed by atoms with Crippen LogP contribution in [0.1, 0.15) is 11.1 Å². The quantitative estimate of drug-likeness (QED) is 0.212. The fraction of sp³-hybridized carbons (Fsp3) is 0.0741. The van der Waals surface area contributed by atoms with Gasteiger partial charge in [0.2, 0.25) is 17.7 Å². The monoisotopic (exact) mass is 549 g/mol. The van der Waals surface area contributed by atoms with E-state index in [1.54, 1.807) is 73.7 Å². The van der Waals surface area contributed by atoms with Crippen LogP contribution in [-0.2, 0) is 14.8 Å². The summed E-state index contributed by atoms with van der Waals surface area (Å²) >= 11 is 6.24. The fourth-order valence-electron chi connectivity index (χ4n) is 3.33. The SMILES string of the molecule is C=CC(=O)Nc1cccc(Oc2nc(Nc3ccc(NS(=O)(=O)c4ccc(C)cc4)c(C)c3)ncc2Cl)c1. The van der Waals surface area contributed by atoms with E-state index in [-0.39, 0.29) is 27.7 Å². The van der Waals surface area contributed by atoms with Gasteiger partial charge in [0.1, 0.15) is 10.8 Å². The van der Waals surface area contributed by atoms with Crippen molar-refractivity contribution in [2.75, 3.05) is 15.4 Å². The van der Waals surface area contributed by atoms with Crippen molar-refractivity contribution in [3.63, 3.8) is 0 Å². The lowest BCUT2D eigenvalue weighted by molar-refractivity contribution is -0.111. The summed E-state index contributed by atoms with van der Waals surface area (Å²) in [4.78, 5) is 20.3. The second-order valence-corrected chi connectivity index (χ2v) is 10.3. The largest absolute Gasteiger partial charge is 0.437 e. The van der Waals surface area contributed by atoms with Crippen molar-refractivity contribution < 1.29 is 17.9 Å². The van der Waals surface area contributed by atoms with Gasteiger partial charge in [-0.05, 0) is 68.0 Å². The van der Waals surface area contributed by atoms with Gasteiger partial charge in [0.05, 0.1) is 16.8 Å². The molecule has 1 amide bonds. The van der Waals surface area contributed by atoms with E-state index in [2.05, 4.69) is 31.9 Å². The van der Waals surface area contributed by atoms with Crippen molar-refractivity contribution in [2.45, 2.75) is 18.7 Å². The lowest BCUT2D eigenvalue weighted by Crippen LogP contribution is -2.13. The average Bonchev–Trinajstić information content (AvgIpc) is 2.88. The normalized spacial score (nSPS) is 10.9. The van der Waals surface area contributed by atoms with E-state index < -0.39 is 10.0 Å². The molecule has 0 spiro atoms. The van der Waals surface area contributed by atoms with Crippen LogP contribution < -0.4 is 20.1 Å². The molecule has 0 aliphatic rings. The van der Waals surface area contributed by atoms with Gasteiger partial charge in [0, 0.05) is 17.4 Å². The first-order valence-corrected chi connectivity index (χ1v) is 13.2. The first kappa shape index (κ1) is 26.6. The number of halogens is 1. The third-order valence-corrected chi connectivity index (χ3v) is 6.91. The number of rotatable bonds is 9. The van der Waals surface area contributed by atoms with E-state index in [1.807, 2.05) is 6.92 Å². The van der Waals surface area contributed by atoms with E-state index in [0.29, 0.717) is 28.4 Å². The second kappa shape index (κ2) is 11.3. The van der Waals surface area contributed by atoms with Gasteiger partial charge in [-0.2, -0.15) is 4.98 Å². The molecule has 9 nitrogen and oxygen atoms in total. The van der Waals surface area contributed by atoms with Crippen molar-refractivity contribution in [2.24, 2.45) is 0 Å². The Bertz CT molecular complexity index is 1610. The Morgan fingerprint density at radius 3 is 2.50 bits per heavy atom. The molecular formula is C27H24ClN5O4S. The summed E-state index contributed by atoms with van der Waals surface area (Å²) < 4.78 is 33.9. The smallest absolute Gasteiger partial charge is 0.261 e. The van der Waals surface area contributed by atoms with Gasteiger partial charge in [-0.1, -0.05) is 41.9 Å². The molecule has 0 aliphatic heterocycles. The predicted molar refractivity (Wildman–Crippen MR) is 149 cm³/mol. The third kappa shape index (κ3) is 6.67. The number of nitrogens with one attached hydrogen (secondary N) is 3. The molecule has 3 aromatic carbocycles. The van der Waals surface area contributed by atoms with Crippen molar-refractivity contribution in [3.8, 4) is 11.6 Å². The van der Waals surface area contributed by atoms with Gasteiger partial charge in [0.15, 0.2) is 0 Å². The first-order valence-electron chi connectivity index (χ1n) is 11.3. The third-order valence-electron chi connectivity index (χ3n) is 5.27. The highest BCUT2D eigenvalue weighted by atomic mass is 35.5. The van der Waals surface area contributed by atoms with E-state index >= 15 is 0 Å². The maximum Gasteiger partial charge on any atom is 0.261 e. The summed E-state index contributed by atoms with van der Waals surface area (Å²) in [5.41, 5.74) is 3.25. The molecule has 0 aliphatic carbocycles. The van der Waals surface area contributed by atoms with E-state index in [0.717, 1.165) is 5.56 Å². The number of aryl methyl sites for hydroxylation is 2. The number of nitrogens with zero attached hydrogens (tertiary/aromatic N) is 2. The molecule has 0 radical (unpaired) electrons. The fourth-order valence-corrected chi connectivity index (χ4v) is 4.59. The zero-order chi connectivity index (χ0) is 27.3. The molecular weight excluding hydrogens is 526 g/mol. The summed E-state index contributed by atoms with van der Waals surface area (Å²) in [6.45, 7) is 7.11. The second-order valence-electron chi connectivity index (χ2n) is 8.24. The number of sulfonamides is 1. The van der Waals surface area contributed by atoms with Crippen molar-refractivity contribution in [1.82, 2.24) is 9.97 Å². The summed E-state index contributed by atoms with van der Waals surface area (Å²) in [7, 11) is -3.73. The molecule has 0 atom stereocenters. The van der Waals surface area contributed by atoms with E-state index in [1.165, 1.54) is 12.3 Å². The molecule has 0 bridgehead atoms. The lowest BCUT2D eigenvalue weighted by atomic mass is 10.2. The molecule has 4 aromatic rings. The summed E-state index contributed by atoms with van der Waals surface area (Å²) in [6, 6.07) is 18.5. The Kier molecular flexibility index (Phi) is 7.94. The minimum atomic E-state index is -3.73. The van der Waals surface area contributed by atoms with E-state index in [9.17, 15) is 13.2 Å². The predicted octanol–water partition coefficient (Wildman–Crippen LogP) is 6.21. The average molecular weight is 550 g/mol. The first-order chi connectivity index (χ1) is 18.1. The van der Waals surface area contributed by atoms with Crippen molar-refractivity contribution >= 4 is 50.5 Å². The van der Waals surface area contributed by atoms with Gasteiger partial charge in [-0.3, -0.25) is 9.52 Å². The minimum Gasteiger partial charge on any atom is -0.437 e. The molecule has 0 fully saturated rings. The lowest BCUT2D eigenvalue weighted by Gasteiger charge is -2.13. The summed E-state index contributed by atoms with van der Waals surface area (Å²) in [6.07, 6.45) is 2.56. The summed E-state index contributed by atoms with van der Waals surface area (Å²) in [5, 5.41) is 5.91. The maximum absolute atomic E-state index is 12.8. The highest BCUT2D eigenvalue weighted by Crippen LogP contribution is 2.30. The molecule has 38 heavy (non-hydrogen) atoms. The molecule has 11 heteroatoms. The standard InChI is InChI=1S/C27H24ClN5O4S/c1-4-25(34)30-19-6-5-7-21(15-19)37-26-23(28)16-29-27(32-26)31-20-10-13-24(18(3)14-20)33-38(35,36)22-11-8-17(2)9-12-22/h4-16,33H,1H2,2-3H3,(H,30,34)(H,29,31,32). The number of ether oxygens (including phenoxy) is 1. The Morgan fingerprint density at radius 1 is 1.03 bits per heavy atom. The molecule has 0 unspecified atom stereocenters. The van der Waals surface area contributed by atoms with Crippen LogP contribution in [0.3, 0.4) is 0 Å². The molecule has 0 saturated carbocycles. The topological polar surface area (TPSA) is 122 Å². The van der Waals surface area contributed by atoms with Gasteiger partial charge < -0.3 is 15.4 Å². The van der Waals surface area contributed by atoms with Crippen LogP contribution in [-0.4, -0.2) is 24.3 Å². The molecule has 1 heterocycles. The molecule has 3 N–H and O–H groups in total. The Labute approximate surface area is 225 Å². The van der Waals surface area contributed by atoms with Gasteiger partial charge in [-0.25, -0.2) is 13.4 Å². The highest BCUT2D eigenvalue weighted by molar-refractivity contribution is 7.92. The number of hydrogen-bond acceptors (Lipinski definition) is 7. The van der Waals surface area contributed by atoms with Crippen LogP contribution in [0.25, 0.3) is 0 Å². The Hall–Kier alpha value is -4.41. The number of aromatic nitrogens is 2. The minimum absolute atomic E-state index is 0.107. The van der Waals surface area contributed by atoms with Crippen LogP contribution in [0.4, 0.5) is 23.0 Å². The number of carbonyl (C=O) groups is 1. The van der Waals surface area contributed by atoms with Crippen LogP contribution in [0, 0.1) is 13.8 Å². The van der Waals surface area contributed by atoms with Crippen LogP contribution >= 0.6 is 11.6 Å². The van der Waals surface area contributed by atoms with Gasteiger partial charge in [-0.15, -0.1) is 0 Å². The van der Waals surface area contributed by atoms with Crippen molar-refractivity contribution in [1.29, 1.82) is 0 Å². The zero-order valence-corrected chi connectivity index (χ0v) is 22.1. The van der Waals surface area contributed by atoms with Gasteiger partial charge in [0.25, 0.3) is 10.0 Å². The van der Waals surface area contributed by atoms with Crippen molar-refractivity contribution in [3.05, 3.63) is 102 Å². The molecule has 0 saturated heterocycles. The maximum atomic E-state index is 12.8. The van der Waals surface area contributed by atoms with E-state index in [4.69, 9.17) is 16.3 Å². The van der Waals surface area contributed by atoms with Crippen LogP contribution in [0.15, 0.2) is 90.5 Å². The number of hydrogen-bond donors (Lipinski definition) is 3. The number of anilines is 4. The molecule has 194 valence electrons. The number of benzene rings is 3. The summed E-state index contributed by atoms with van der Waals surface area (Å²) in [5.74, 6) is 0.376. The molecule has 1 aromatic heterocycles. The van der Waals surface area contributed by atoms with Gasteiger partial charge >= 0.3 is 0 Å². The Balaban J connectivity index is 1.48. The van der Waals surface area contributed by atoms with Crippen LogP contribution in [0.5, 0.6) is 11.6 Å². The number of carbonyl (C=O) groups excluding carboxylic acids is 1. The van der Waals surface area contributed by atoms with Crippen LogP contribution in [0.2, 0.25) is 5.02 Å².